The molecule has 180 valence electrons. The van der Waals surface area contributed by atoms with Gasteiger partial charge in [0, 0.05) is 24.3 Å². The van der Waals surface area contributed by atoms with Crippen molar-refractivity contribution in [1.29, 1.82) is 0 Å². The molecule has 34 heavy (non-hydrogen) atoms. The molecule has 0 aromatic heterocycles. The van der Waals surface area contributed by atoms with Crippen molar-refractivity contribution in [2.75, 3.05) is 38.2 Å². The topological polar surface area (TPSA) is 111 Å². The van der Waals surface area contributed by atoms with E-state index in [4.69, 9.17) is 4.74 Å². The number of benzene rings is 2. The fraction of sp³-hybridized carbons (Fsp3) is 0.423. The van der Waals surface area contributed by atoms with E-state index in [0.717, 1.165) is 42.6 Å². The highest BCUT2D eigenvalue weighted by molar-refractivity contribution is 6.04. The quantitative estimate of drug-likeness (QED) is 0.517. The molecule has 1 saturated heterocycles. The first-order valence-corrected chi connectivity index (χ1v) is 11.8. The van der Waals surface area contributed by atoms with Crippen LogP contribution >= 0.6 is 0 Å². The van der Waals surface area contributed by atoms with Crippen LogP contribution in [0.25, 0.3) is 0 Å². The van der Waals surface area contributed by atoms with E-state index in [-0.39, 0.29) is 30.8 Å². The maximum Gasteiger partial charge on any atom is 0.303 e. The molecule has 0 bridgehead atoms. The number of carboxylic acid groups (broad SMARTS) is 1. The number of carbonyl (C=O) groups excluding carboxylic acids is 1. The van der Waals surface area contributed by atoms with Gasteiger partial charge in [0.1, 0.15) is 0 Å². The van der Waals surface area contributed by atoms with E-state index >= 15 is 0 Å². The molecular weight excluding hydrogens is 434 g/mol. The minimum atomic E-state index is -0.807. The molecule has 4 rings (SSSR count). The first kappa shape index (κ1) is 23.9. The number of anilines is 1. The molecule has 2 unspecified atom stereocenters. The van der Waals surface area contributed by atoms with Gasteiger partial charge < -0.3 is 20.3 Å². The second-order valence-corrected chi connectivity index (χ2v) is 8.82. The Morgan fingerprint density at radius 1 is 1.15 bits per heavy atom. The Hall–Kier alpha value is -3.23. The minimum Gasteiger partial charge on any atom is -0.481 e. The molecule has 1 fully saturated rings. The number of carbonyl (C=O) groups is 2. The molecule has 0 radical (unpaired) electrons. The van der Waals surface area contributed by atoms with Crippen molar-refractivity contribution in [3.63, 3.8) is 0 Å². The van der Waals surface area contributed by atoms with Gasteiger partial charge in [-0.25, -0.2) is 0 Å². The van der Waals surface area contributed by atoms with Gasteiger partial charge in [-0.15, -0.1) is 0 Å². The van der Waals surface area contributed by atoms with E-state index < -0.39 is 5.97 Å². The number of nitrogens with zero attached hydrogens (tertiary/aromatic N) is 2. The Balaban J connectivity index is 1.40. The molecule has 2 aromatic rings. The Labute approximate surface area is 199 Å². The Kier molecular flexibility index (Phi) is 7.92. The summed E-state index contributed by atoms with van der Waals surface area (Å²) in [6.07, 6.45) is 3.95. The van der Waals surface area contributed by atoms with Crippen molar-refractivity contribution in [1.82, 2.24) is 5.01 Å². The van der Waals surface area contributed by atoms with E-state index in [1.807, 2.05) is 35.3 Å². The molecule has 2 atom stereocenters. The number of fused-ring (bicyclic) bond motifs is 1. The van der Waals surface area contributed by atoms with Gasteiger partial charge in [0.25, 0.3) is 5.91 Å². The summed E-state index contributed by atoms with van der Waals surface area (Å²) in [7, 11) is 0. The highest BCUT2D eigenvalue weighted by Crippen LogP contribution is 2.41. The van der Waals surface area contributed by atoms with Crippen LogP contribution in [-0.2, 0) is 16.0 Å². The molecule has 1 aliphatic carbocycles. The first-order chi connectivity index (χ1) is 16.5. The third kappa shape index (κ3) is 6.01. The van der Waals surface area contributed by atoms with Crippen LogP contribution in [0.5, 0.6) is 0 Å². The lowest BCUT2D eigenvalue weighted by molar-refractivity contribution is -0.138. The standard InChI is InChI=1S/C26H31N3O5/c30-12-9-24-21(16-25(31)32)6-5-20-15-22(7-8-23(20)24)28-26(33)19-3-1-18(2-4-19)17-27-29-10-13-34-14-11-29/h1-4,7-8,15,17,21,24,30H,5-6,9-14,16H2,(H,28,33)(H,31,32). The van der Waals surface area contributed by atoms with E-state index in [1.165, 1.54) is 0 Å². The maximum atomic E-state index is 12.8. The predicted molar refractivity (Wildman–Crippen MR) is 129 cm³/mol. The van der Waals surface area contributed by atoms with Crippen molar-refractivity contribution in [2.24, 2.45) is 11.0 Å². The zero-order valence-corrected chi connectivity index (χ0v) is 19.2. The summed E-state index contributed by atoms with van der Waals surface area (Å²) in [6.45, 7) is 2.94. The Morgan fingerprint density at radius 2 is 1.91 bits per heavy atom. The second kappa shape index (κ2) is 11.3. The van der Waals surface area contributed by atoms with Gasteiger partial charge in [0.2, 0.25) is 0 Å². The Morgan fingerprint density at radius 3 is 2.62 bits per heavy atom. The summed E-state index contributed by atoms with van der Waals surface area (Å²) in [6, 6.07) is 13.1. The molecular formula is C26H31N3O5. The van der Waals surface area contributed by atoms with E-state index in [9.17, 15) is 19.8 Å². The van der Waals surface area contributed by atoms with E-state index in [0.29, 0.717) is 30.9 Å². The number of aryl methyl sites for hydroxylation is 1. The predicted octanol–water partition coefficient (Wildman–Crippen LogP) is 3.11. The second-order valence-electron chi connectivity index (χ2n) is 8.82. The van der Waals surface area contributed by atoms with Gasteiger partial charge in [0.15, 0.2) is 0 Å². The number of aliphatic carboxylic acids is 1. The molecule has 8 nitrogen and oxygen atoms in total. The molecule has 1 aliphatic heterocycles. The molecule has 8 heteroatoms. The van der Waals surface area contributed by atoms with Crippen molar-refractivity contribution in [2.45, 2.75) is 31.6 Å². The zero-order chi connectivity index (χ0) is 23.9. The van der Waals surface area contributed by atoms with Gasteiger partial charge >= 0.3 is 5.97 Å². The summed E-state index contributed by atoms with van der Waals surface area (Å²) < 4.78 is 5.32. The fourth-order valence-corrected chi connectivity index (χ4v) is 4.80. The smallest absolute Gasteiger partial charge is 0.303 e. The van der Waals surface area contributed by atoms with Crippen LogP contribution in [0.4, 0.5) is 5.69 Å². The van der Waals surface area contributed by atoms with Gasteiger partial charge in [-0.3, -0.25) is 14.6 Å². The van der Waals surface area contributed by atoms with Crippen LogP contribution < -0.4 is 5.32 Å². The monoisotopic (exact) mass is 465 g/mol. The first-order valence-electron chi connectivity index (χ1n) is 11.8. The van der Waals surface area contributed by atoms with Crippen molar-refractivity contribution in [3.8, 4) is 0 Å². The number of morpholine rings is 1. The van der Waals surface area contributed by atoms with Crippen molar-refractivity contribution < 1.29 is 24.5 Å². The molecule has 0 saturated carbocycles. The number of aliphatic hydroxyl groups is 1. The fourth-order valence-electron chi connectivity index (χ4n) is 4.80. The van der Waals surface area contributed by atoms with Crippen LogP contribution in [-0.4, -0.2) is 66.2 Å². The molecule has 1 heterocycles. The zero-order valence-electron chi connectivity index (χ0n) is 19.2. The summed E-state index contributed by atoms with van der Waals surface area (Å²) >= 11 is 0. The Bertz CT molecular complexity index is 1030. The lowest BCUT2D eigenvalue weighted by Crippen LogP contribution is -2.32. The summed E-state index contributed by atoms with van der Waals surface area (Å²) in [5, 5.41) is 28.1. The normalized spacial score (nSPS) is 20.2. The van der Waals surface area contributed by atoms with Crippen LogP contribution in [0, 0.1) is 5.92 Å². The van der Waals surface area contributed by atoms with Gasteiger partial charge in [-0.1, -0.05) is 18.2 Å². The average Bonchev–Trinajstić information content (AvgIpc) is 2.85. The number of hydrogen-bond acceptors (Lipinski definition) is 6. The lowest BCUT2D eigenvalue weighted by atomic mass is 9.72. The highest BCUT2D eigenvalue weighted by atomic mass is 16.5. The highest BCUT2D eigenvalue weighted by Gasteiger charge is 2.30. The number of hydrogen-bond donors (Lipinski definition) is 3. The molecule has 2 aliphatic rings. The van der Waals surface area contributed by atoms with Gasteiger partial charge in [0.05, 0.1) is 32.5 Å². The average molecular weight is 466 g/mol. The molecule has 3 N–H and O–H groups in total. The number of amides is 1. The van der Waals surface area contributed by atoms with Crippen LogP contribution in [0.3, 0.4) is 0 Å². The number of nitrogens with one attached hydrogen (secondary N) is 1. The molecule has 0 spiro atoms. The summed E-state index contributed by atoms with van der Waals surface area (Å²) in [5.74, 6) is -0.967. The summed E-state index contributed by atoms with van der Waals surface area (Å²) in [5.41, 5.74) is 4.37. The third-order valence-corrected chi connectivity index (χ3v) is 6.56. The van der Waals surface area contributed by atoms with Crippen LogP contribution in [0.1, 0.15) is 52.2 Å². The van der Waals surface area contributed by atoms with E-state index in [2.05, 4.69) is 10.4 Å². The van der Waals surface area contributed by atoms with E-state index in [1.54, 1.807) is 18.3 Å². The van der Waals surface area contributed by atoms with Gasteiger partial charge in [-0.2, -0.15) is 5.10 Å². The number of carboxylic acids is 1. The third-order valence-electron chi connectivity index (χ3n) is 6.56. The molecule has 1 amide bonds. The van der Waals surface area contributed by atoms with Crippen molar-refractivity contribution >= 4 is 23.8 Å². The number of ether oxygens (including phenoxy) is 1. The SMILES string of the molecule is O=C(O)CC1CCc2cc(NC(=O)c3ccc(C=NN4CCOCC4)cc3)ccc2C1CCO. The van der Waals surface area contributed by atoms with Crippen molar-refractivity contribution in [3.05, 3.63) is 64.7 Å². The number of aliphatic hydroxyl groups excluding tert-OH is 1. The molecule has 2 aromatic carbocycles. The largest absolute Gasteiger partial charge is 0.481 e. The minimum absolute atomic E-state index is 0.0151. The van der Waals surface area contributed by atoms with Gasteiger partial charge in [-0.05, 0) is 72.1 Å². The number of rotatable bonds is 8. The van der Waals surface area contributed by atoms with Crippen LogP contribution in [0.15, 0.2) is 47.6 Å². The maximum absolute atomic E-state index is 12.8. The lowest BCUT2D eigenvalue weighted by Gasteiger charge is -2.33. The summed E-state index contributed by atoms with van der Waals surface area (Å²) in [4.78, 5) is 24.0. The number of hydrazone groups is 1. The van der Waals surface area contributed by atoms with Crippen LogP contribution in [0.2, 0.25) is 0 Å².